The summed E-state index contributed by atoms with van der Waals surface area (Å²) in [6.07, 6.45) is 0.851. The molecule has 8 nitrogen and oxygen atoms in total. The van der Waals surface area contributed by atoms with Crippen LogP contribution in [0.15, 0.2) is 66.7 Å². The van der Waals surface area contributed by atoms with E-state index in [9.17, 15) is 9.59 Å². The van der Waals surface area contributed by atoms with Crippen molar-refractivity contribution in [3.63, 3.8) is 0 Å². The molecule has 1 amide bonds. The molecule has 35 heavy (non-hydrogen) atoms. The largest absolute Gasteiger partial charge is 0.384 e. The van der Waals surface area contributed by atoms with Crippen LogP contribution in [0.5, 0.6) is 0 Å². The standard InChI is InChI=1S/C15H14N4OS.C11H16N2O/c1-17-14-12(13(16)20)19-15(21-14)18-11-7-6-9-4-2-3-5-10(9)8-11;1-13(2)8-7-12-11-5-3-10(9-14)4-6-11/h2-8,17H,1H3,(H2,16,20)(H,18,19);3-6,9,12H,7-8H2,1-2H3. The lowest BCUT2D eigenvalue weighted by atomic mass is 10.1. The average Bonchev–Trinajstić information content (AvgIpc) is 3.28. The topological polar surface area (TPSA) is 112 Å². The molecule has 4 rings (SSSR count). The number of aldehydes is 1. The van der Waals surface area contributed by atoms with Crippen LogP contribution in [0.2, 0.25) is 0 Å². The zero-order valence-electron chi connectivity index (χ0n) is 20.0. The fourth-order valence-electron chi connectivity index (χ4n) is 3.20. The molecule has 182 valence electrons. The molecule has 1 heterocycles. The van der Waals surface area contributed by atoms with Crippen molar-refractivity contribution in [1.82, 2.24) is 9.88 Å². The van der Waals surface area contributed by atoms with Crippen molar-refractivity contribution in [1.29, 1.82) is 0 Å². The number of nitrogens with two attached hydrogens (primary N) is 1. The summed E-state index contributed by atoms with van der Waals surface area (Å²) < 4.78 is 0. The zero-order chi connectivity index (χ0) is 25.2. The van der Waals surface area contributed by atoms with Gasteiger partial charge in [0.05, 0.1) is 0 Å². The lowest BCUT2D eigenvalue weighted by Crippen LogP contribution is -2.20. The quantitative estimate of drug-likeness (QED) is 0.253. The maximum absolute atomic E-state index is 11.3. The molecule has 5 N–H and O–H groups in total. The lowest BCUT2D eigenvalue weighted by Gasteiger charge is -2.11. The number of rotatable bonds is 9. The molecule has 0 atom stereocenters. The van der Waals surface area contributed by atoms with Crippen molar-refractivity contribution in [3.05, 3.63) is 78.0 Å². The summed E-state index contributed by atoms with van der Waals surface area (Å²) in [4.78, 5) is 28.1. The van der Waals surface area contributed by atoms with Gasteiger partial charge in [0.15, 0.2) is 10.8 Å². The Morgan fingerprint density at radius 1 is 1.03 bits per heavy atom. The van der Waals surface area contributed by atoms with Gasteiger partial charge in [-0.1, -0.05) is 41.7 Å². The maximum Gasteiger partial charge on any atom is 0.270 e. The van der Waals surface area contributed by atoms with Gasteiger partial charge in [0, 0.05) is 37.1 Å². The monoisotopic (exact) mass is 490 g/mol. The van der Waals surface area contributed by atoms with Crippen molar-refractivity contribution in [3.8, 4) is 0 Å². The van der Waals surface area contributed by atoms with Crippen molar-refractivity contribution in [2.75, 3.05) is 50.2 Å². The molecular formula is C26H30N6O2S. The molecule has 0 saturated carbocycles. The second-order valence-electron chi connectivity index (χ2n) is 7.97. The van der Waals surface area contributed by atoms with E-state index in [2.05, 4.69) is 38.0 Å². The number of anilines is 4. The van der Waals surface area contributed by atoms with Gasteiger partial charge >= 0.3 is 0 Å². The van der Waals surface area contributed by atoms with E-state index in [0.29, 0.717) is 15.7 Å². The number of benzene rings is 3. The number of likely N-dealkylation sites (N-methyl/N-ethyl adjacent to an activating group) is 1. The Bertz CT molecular complexity index is 1270. The minimum absolute atomic E-state index is 0.255. The molecule has 0 aliphatic heterocycles. The molecule has 4 aromatic rings. The molecule has 0 aliphatic carbocycles. The van der Waals surface area contributed by atoms with E-state index in [0.717, 1.165) is 36.1 Å². The Labute approximate surface area is 209 Å². The highest BCUT2D eigenvalue weighted by Gasteiger charge is 2.14. The van der Waals surface area contributed by atoms with E-state index in [4.69, 9.17) is 5.73 Å². The maximum atomic E-state index is 11.3. The molecule has 0 bridgehead atoms. The van der Waals surface area contributed by atoms with Crippen LogP contribution in [0, 0.1) is 0 Å². The fourth-order valence-corrected chi connectivity index (χ4v) is 4.05. The van der Waals surface area contributed by atoms with Crippen molar-refractivity contribution < 1.29 is 9.59 Å². The van der Waals surface area contributed by atoms with E-state index in [1.54, 1.807) is 7.05 Å². The highest BCUT2D eigenvalue weighted by Crippen LogP contribution is 2.30. The van der Waals surface area contributed by atoms with Gasteiger partial charge in [0.2, 0.25) is 0 Å². The first-order valence-corrected chi connectivity index (χ1v) is 11.9. The van der Waals surface area contributed by atoms with Crippen LogP contribution in [-0.4, -0.2) is 56.3 Å². The Kier molecular flexibility index (Phi) is 9.16. The van der Waals surface area contributed by atoms with Crippen LogP contribution in [0.4, 0.5) is 21.5 Å². The number of thiazole rings is 1. The molecule has 3 aromatic carbocycles. The third-order valence-corrected chi connectivity index (χ3v) is 6.01. The molecule has 9 heteroatoms. The minimum Gasteiger partial charge on any atom is -0.384 e. The predicted octanol–water partition coefficient (Wildman–Crippen LogP) is 4.65. The van der Waals surface area contributed by atoms with E-state index in [-0.39, 0.29) is 5.69 Å². The number of fused-ring (bicyclic) bond motifs is 1. The molecule has 0 fully saturated rings. The van der Waals surface area contributed by atoms with Crippen LogP contribution in [0.1, 0.15) is 20.8 Å². The number of carbonyl (C=O) groups is 2. The summed E-state index contributed by atoms with van der Waals surface area (Å²) in [5.74, 6) is -0.540. The summed E-state index contributed by atoms with van der Waals surface area (Å²) in [6.45, 7) is 1.91. The van der Waals surface area contributed by atoms with E-state index in [1.165, 1.54) is 16.7 Å². The van der Waals surface area contributed by atoms with Crippen LogP contribution < -0.4 is 21.7 Å². The van der Waals surface area contributed by atoms with Gasteiger partial charge in [-0.25, -0.2) is 4.98 Å². The summed E-state index contributed by atoms with van der Waals surface area (Å²) in [6, 6.07) is 21.6. The van der Waals surface area contributed by atoms with Crippen LogP contribution in [0.25, 0.3) is 10.8 Å². The first kappa shape index (κ1) is 25.7. The predicted molar refractivity (Wildman–Crippen MR) is 146 cm³/mol. The lowest BCUT2D eigenvalue weighted by molar-refractivity contribution is 0.0996. The molecule has 0 radical (unpaired) electrons. The number of hydrogen-bond donors (Lipinski definition) is 4. The number of primary amides is 1. The Hall–Kier alpha value is -3.95. The third kappa shape index (κ3) is 7.53. The Morgan fingerprint density at radius 3 is 2.31 bits per heavy atom. The smallest absolute Gasteiger partial charge is 0.270 e. The normalized spacial score (nSPS) is 10.4. The zero-order valence-corrected chi connectivity index (χ0v) is 20.9. The van der Waals surface area contributed by atoms with Crippen molar-refractivity contribution in [2.45, 2.75) is 0 Å². The fraction of sp³-hybridized carbons (Fsp3) is 0.192. The summed E-state index contributed by atoms with van der Waals surface area (Å²) >= 11 is 1.35. The number of carbonyl (C=O) groups excluding carboxylic acids is 2. The number of hydrogen-bond acceptors (Lipinski definition) is 8. The first-order valence-electron chi connectivity index (χ1n) is 11.1. The summed E-state index contributed by atoms with van der Waals surface area (Å²) in [5, 5.41) is 13.0. The number of nitrogens with one attached hydrogen (secondary N) is 3. The highest BCUT2D eigenvalue weighted by atomic mass is 32.1. The molecule has 0 spiro atoms. The van der Waals surface area contributed by atoms with Gasteiger partial charge < -0.3 is 26.6 Å². The van der Waals surface area contributed by atoms with Crippen molar-refractivity contribution >= 4 is 55.8 Å². The summed E-state index contributed by atoms with van der Waals surface area (Å²) in [5.41, 5.74) is 8.25. The Balaban J connectivity index is 0.000000214. The number of aromatic nitrogens is 1. The minimum atomic E-state index is -0.540. The van der Waals surface area contributed by atoms with Gasteiger partial charge in [-0.15, -0.1) is 0 Å². The molecule has 1 aromatic heterocycles. The molecule has 0 saturated heterocycles. The molecular weight excluding hydrogens is 460 g/mol. The van der Waals surface area contributed by atoms with E-state index >= 15 is 0 Å². The van der Waals surface area contributed by atoms with Gasteiger partial charge in [-0.2, -0.15) is 0 Å². The van der Waals surface area contributed by atoms with E-state index < -0.39 is 5.91 Å². The van der Waals surface area contributed by atoms with Crippen LogP contribution in [-0.2, 0) is 0 Å². The molecule has 0 unspecified atom stereocenters. The summed E-state index contributed by atoms with van der Waals surface area (Å²) in [7, 11) is 5.81. The van der Waals surface area contributed by atoms with Gasteiger partial charge in [-0.05, 0) is 61.3 Å². The van der Waals surface area contributed by atoms with Gasteiger partial charge in [-0.3, -0.25) is 9.59 Å². The SMILES string of the molecule is CN(C)CCNc1ccc(C=O)cc1.CNc1sc(Nc2ccc3ccccc3c2)nc1C(N)=O. The second-order valence-corrected chi connectivity index (χ2v) is 8.97. The number of nitrogens with zero attached hydrogens (tertiary/aromatic N) is 2. The Morgan fingerprint density at radius 2 is 1.71 bits per heavy atom. The number of amides is 1. The highest BCUT2D eigenvalue weighted by molar-refractivity contribution is 7.19. The second kappa shape index (κ2) is 12.5. The average molecular weight is 491 g/mol. The van der Waals surface area contributed by atoms with Gasteiger partial charge in [0.1, 0.15) is 11.3 Å². The van der Waals surface area contributed by atoms with Crippen LogP contribution >= 0.6 is 11.3 Å². The van der Waals surface area contributed by atoms with Gasteiger partial charge in [0.25, 0.3) is 5.91 Å². The van der Waals surface area contributed by atoms with Crippen molar-refractivity contribution in [2.24, 2.45) is 5.73 Å². The van der Waals surface area contributed by atoms with E-state index in [1.807, 2.05) is 68.7 Å². The molecule has 0 aliphatic rings. The van der Waals surface area contributed by atoms with Crippen LogP contribution in [0.3, 0.4) is 0 Å². The first-order chi connectivity index (χ1) is 16.9. The third-order valence-electron chi connectivity index (χ3n) is 5.02.